The normalized spacial score (nSPS) is 11.5. The van der Waals surface area contributed by atoms with Crippen LogP contribution in [0.4, 0.5) is 0 Å². The maximum atomic E-state index is 6.31. The van der Waals surface area contributed by atoms with Gasteiger partial charge in [-0.1, -0.05) is 230 Å². The fourth-order valence-corrected chi connectivity index (χ4v) is 17.4. The first kappa shape index (κ1) is 64.1. The smallest absolute Gasteiger partial charge is 0.159 e. The van der Waals surface area contributed by atoms with Crippen molar-refractivity contribution in [1.82, 2.24) is 13.7 Å². The van der Waals surface area contributed by atoms with Crippen LogP contribution in [0.1, 0.15) is 35.2 Å². The number of rotatable bonds is 3. The zero-order valence-electron chi connectivity index (χ0n) is 57.2. The van der Waals surface area contributed by atoms with Crippen LogP contribution >= 0.6 is 22.7 Å². The number of benzene rings is 15. The molecule has 0 bridgehead atoms. The summed E-state index contributed by atoms with van der Waals surface area (Å²) in [5.41, 5.74) is 21.1. The quantitative estimate of drug-likeness (QED) is 0.177. The van der Waals surface area contributed by atoms with E-state index in [1.54, 1.807) is 0 Å². The third-order valence-electron chi connectivity index (χ3n) is 19.9. The molecule has 0 fully saturated rings. The summed E-state index contributed by atoms with van der Waals surface area (Å²) in [7, 11) is 0. The molecule has 0 aliphatic heterocycles. The van der Waals surface area contributed by atoms with Crippen LogP contribution in [0.25, 0.3) is 167 Å². The van der Waals surface area contributed by atoms with Gasteiger partial charge >= 0.3 is 0 Å². The van der Waals surface area contributed by atoms with Crippen molar-refractivity contribution in [2.75, 3.05) is 0 Å². The van der Waals surface area contributed by atoms with Crippen molar-refractivity contribution in [3.05, 3.63) is 355 Å². The van der Waals surface area contributed by atoms with Crippen molar-refractivity contribution in [2.45, 2.75) is 42.0 Å². The summed E-state index contributed by atoms with van der Waals surface area (Å²) < 4.78 is 24.9. The lowest BCUT2D eigenvalue weighted by Crippen LogP contribution is -1.94. The number of furan rings is 2. The molecule has 0 aliphatic rings. The SMILES string of the molecule is C.Cc1ccc2c(c1)c1ccccc1n2-c1ccc2oc3ccccc3c2c1.Cc1ccc2c(c1)c1ccccc1n2-c1cccc2c1oc1ccccc12.Cc1ccc2c(c1)c1ccccc1n2-c1ccccc1.Cc1ccc2sc3ccccc3c2c1.Cc1cccc2c1sc1ccccc12. The minimum atomic E-state index is 0. The molecule has 22 rings (SSSR count). The van der Waals surface area contributed by atoms with Crippen molar-refractivity contribution in [3.8, 4) is 17.1 Å². The Morgan fingerprint density at radius 1 is 0.233 bits per heavy atom. The molecule has 0 radical (unpaired) electrons. The Bertz CT molecular complexity index is 6950. The van der Waals surface area contributed by atoms with E-state index in [-0.39, 0.29) is 7.43 Å². The Morgan fingerprint density at radius 3 is 1.23 bits per heavy atom. The van der Waals surface area contributed by atoms with E-state index in [4.69, 9.17) is 8.83 Å². The lowest BCUT2D eigenvalue weighted by atomic mass is 10.1. The Hall–Kier alpha value is -12.3. The van der Waals surface area contributed by atoms with Crippen LogP contribution in [-0.2, 0) is 0 Å². The van der Waals surface area contributed by atoms with Gasteiger partial charge < -0.3 is 22.5 Å². The predicted octanol–water partition coefficient (Wildman–Crippen LogP) is 28.4. The van der Waals surface area contributed by atoms with Gasteiger partial charge in [0, 0.05) is 106 Å². The summed E-state index contributed by atoms with van der Waals surface area (Å²) in [6, 6.07) is 116. The van der Waals surface area contributed by atoms with Crippen LogP contribution in [0.3, 0.4) is 0 Å². The van der Waals surface area contributed by atoms with Crippen LogP contribution in [-0.4, -0.2) is 13.7 Å². The number of aryl methyl sites for hydroxylation is 5. The van der Waals surface area contributed by atoms with E-state index in [2.05, 4.69) is 352 Å². The maximum Gasteiger partial charge on any atom is 0.159 e. The lowest BCUT2D eigenvalue weighted by molar-refractivity contribution is 0.666. The van der Waals surface area contributed by atoms with E-state index < -0.39 is 0 Å². The minimum absolute atomic E-state index is 0. The molecule has 496 valence electrons. The summed E-state index contributed by atoms with van der Waals surface area (Å²) in [6.07, 6.45) is 0. The molecule has 103 heavy (non-hydrogen) atoms. The first-order chi connectivity index (χ1) is 50.1. The second-order valence-corrected chi connectivity index (χ2v) is 28.8. The first-order valence-electron chi connectivity index (χ1n) is 34.8. The molecule has 7 heterocycles. The van der Waals surface area contributed by atoms with E-state index in [1.807, 2.05) is 46.9 Å². The maximum absolute atomic E-state index is 6.31. The largest absolute Gasteiger partial charge is 0.456 e. The highest BCUT2D eigenvalue weighted by atomic mass is 32.1. The van der Waals surface area contributed by atoms with E-state index >= 15 is 0 Å². The fraction of sp³-hybridized carbons (Fsp3) is 0.0625. The van der Waals surface area contributed by atoms with E-state index in [0.29, 0.717) is 0 Å². The van der Waals surface area contributed by atoms with Crippen molar-refractivity contribution < 1.29 is 8.83 Å². The first-order valence-corrected chi connectivity index (χ1v) is 36.4. The Labute approximate surface area is 605 Å². The number of hydrogen-bond acceptors (Lipinski definition) is 4. The number of aromatic nitrogens is 3. The molecule has 0 saturated carbocycles. The van der Waals surface area contributed by atoms with Gasteiger partial charge in [0.05, 0.1) is 38.8 Å². The van der Waals surface area contributed by atoms with Gasteiger partial charge in [0.2, 0.25) is 0 Å². The minimum Gasteiger partial charge on any atom is -0.456 e. The highest BCUT2D eigenvalue weighted by Gasteiger charge is 2.19. The van der Waals surface area contributed by atoms with Gasteiger partial charge in [-0.15, -0.1) is 22.7 Å². The van der Waals surface area contributed by atoms with Crippen LogP contribution < -0.4 is 0 Å². The van der Waals surface area contributed by atoms with Gasteiger partial charge in [0.25, 0.3) is 0 Å². The number of thiophene rings is 2. The molecule has 0 aliphatic carbocycles. The molecule has 0 spiro atoms. The van der Waals surface area contributed by atoms with Crippen molar-refractivity contribution >= 4 is 172 Å². The summed E-state index contributed by atoms with van der Waals surface area (Å²) in [4.78, 5) is 0. The second-order valence-electron chi connectivity index (χ2n) is 26.6. The zero-order valence-corrected chi connectivity index (χ0v) is 58.8. The molecule has 0 amide bonds. The highest BCUT2D eigenvalue weighted by molar-refractivity contribution is 7.26. The predicted molar refractivity (Wildman–Crippen MR) is 446 cm³/mol. The molecule has 22 aromatic rings. The third kappa shape index (κ3) is 11.4. The number of fused-ring (bicyclic) bond motifs is 21. The van der Waals surface area contributed by atoms with E-state index in [1.165, 1.54) is 139 Å². The van der Waals surface area contributed by atoms with Crippen LogP contribution in [0.5, 0.6) is 0 Å². The fourth-order valence-electron chi connectivity index (χ4n) is 15.1. The van der Waals surface area contributed by atoms with E-state index in [0.717, 1.165) is 55.3 Å². The molecular formula is C96H73N3O2S2. The van der Waals surface area contributed by atoms with Gasteiger partial charge in [-0.25, -0.2) is 0 Å². The number of hydrogen-bond donors (Lipinski definition) is 0. The van der Waals surface area contributed by atoms with Crippen molar-refractivity contribution in [3.63, 3.8) is 0 Å². The summed E-state index contributed by atoms with van der Waals surface area (Å²) in [5.74, 6) is 0. The van der Waals surface area contributed by atoms with Crippen LogP contribution in [0.2, 0.25) is 0 Å². The topological polar surface area (TPSA) is 41.1 Å². The number of nitrogens with zero attached hydrogens (tertiary/aromatic N) is 3. The van der Waals surface area contributed by atoms with Gasteiger partial charge in [-0.3, -0.25) is 0 Å². The highest BCUT2D eigenvalue weighted by Crippen LogP contribution is 2.42. The Morgan fingerprint density at radius 2 is 0.631 bits per heavy atom. The molecule has 7 aromatic heterocycles. The van der Waals surface area contributed by atoms with Gasteiger partial charge in [0.1, 0.15) is 16.7 Å². The summed E-state index contributed by atoms with van der Waals surface area (Å²) in [6.45, 7) is 10.8. The second kappa shape index (κ2) is 26.7. The monoisotopic (exact) mass is 1360 g/mol. The van der Waals surface area contributed by atoms with Crippen LogP contribution in [0, 0.1) is 34.6 Å². The Balaban J connectivity index is 0.0000000978. The zero-order chi connectivity index (χ0) is 68.5. The van der Waals surface area contributed by atoms with E-state index in [9.17, 15) is 0 Å². The molecule has 0 saturated heterocycles. The average Bonchev–Trinajstić information content (AvgIpc) is 1.59. The van der Waals surface area contributed by atoms with Gasteiger partial charge in [-0.05, 0) is 168 Å². The molecule has 0 unspecified atom stereocenters. The molecule has 0 N–H and O–H groups in total. The van der Waals surface area contributed by atoms with Crippen molar-refractivity contribution in [1.29, 1.82) is 0 Å². The molecular weight excluding hydrogens is 1290 g/mol. The van der Waals surface area contributed by atoms with Gasteiger partial charge in [-0.2, -0.15) is 0 Å². The standard InChI is InChI=1S/2C25H17NO.C19H15N.2C13H10S.CH4/c1-16-13-14-22-20(15-16)17-7-2-4-10-21(17)26(22)23-11-6-9-19-18-8-3-5-12-24(18)27-25(19)23;1-16-10-12-23-20(14-16)18-6-2-4-8-22(18)26(23)17-11-13-25-21(15-17)19-7-3-5-9-24(19)27-25;1-14-11-12-19-17(13-14)16-9-5-6-10-18(16)20(19)15-7-3-2-4-8-15;1-9-5-4-7-11-10-6-2-3-8-12(10)14-13(9)11;1-9-6-7-13-11(8-9)10-4-2-3-5-12(10)14-13;/h2*2-15H,1H3;2-13H,1H3;2*2-8H,1H3;1H4. The Kier molecular flexibility index (Phi) is 16.6. The molecule has 5 nitrogen and oxygen atoms in total. The van der Waals surface area contributed by atoms with Gasteiger partial charge in [0.15, 0.2) is 5.58 Å². The third-order valence-corrected chi connectivity index (χ3v) is 22.3. The lowest BCUT2D eigenvalue weighted by Gasteiger charge is -2.08. The van der Waals surface area contributed by atoms with Crippen molar-refractivity contribution in [2.24, 2.45) is 0 Å². The molecule has 15 aromatic carbocycles. The van der Waals surface area contributed by atoms with Crippen LogP contribution in [0.15, 0.2) is 336 Å². The average molecular weight is 1360 g/mol. The summed E-state index contributed by atoms with van der Waals surface area (Å²) >= 11 is 3.76. The number of para-hydroxylation sites is 7. The molecule has 7 heteroatoms. The summed E-state index contributed by atoms with van der Waals surface area (Å²) in [5, 5.41) is 17.9. The molecule has 0 atom stereocenters.